The number of nitrogens with one attached hydrogen (secondary N) is 1. The van der Waals surface area contributed by atoms with Crippen molar-refractivity contribution in [1.82, 2.24) is 15.1 Å². The smallest absolute Gasteiger partial charge is 0.230 e. The molecule has 0 atom stereocenters. The second-order valence-electron chi connectivity index (χ2n) is 5.13. The van der Waals surface area contributed by atoms with Crippen molar-refractivity contribution in [1.29, 1.82) is 0 Å². The van der Waals surface area contributed by atoms with Gasteiger partial charge >= 0.3 is 0 Å². The molecule has 0 aromatic carbocycles. The van der Waals surface area contributed by atoms with Crippen molar-refractivity contribution in [2.24, 2.45) is 0 Å². The minimum Gasteiger partial charge on any atom is -0.354 e. The van der Waals surface area contributed by atoms with Crippen LogP contribution in [-0.2, 0) is 4.79 Å². The lowest BCUT2D eigenvalue weighted by Gasteiger charge is -2.45. The number of likely N-dealkylation sites (tertiary alicyclic amines) is 1. The summed E-state index contributed by atoms with van der Waals surface area (Å²) in [6, 6.07) is 0. The molecule has 1 fully saturated rings. The Labute approximate surface area is 109 Å². The van der Waals surface area contributed by atoms with Crippen molar-refractivity contribution in [3.05, 3.63) is 0 Å². The zero-order valence-corrected chi connectivity index (χ0v) is 12.3. The molecule has 0 aromatic rings. The molecule has 1 amide bonds. The Balaban J connectivity index is 2.51. The molecule has 1 aliphatic rings. The normalized spacial score (nSPS) is 20.5. The minimum absolute atomic E-state index is 0.139. The topological polar surface area (TPSA) is 35.6 Å². The first-order chi connectivity index (χ1) is 8.00. The lowest BCUT2D eigenvalue weighted by Crippen LogP contribution is -2.58. The van der Waals surface area contributed by atoms with E-state index in [9.17, 15) is 4.79 Å². The van der Waals surface area contributed by atoms with Crippen LogP contribution >= 0.6 is 11.8 Å². The quantitative estimate of drug-likeness (QED) is 0.779. The molecule has 0 bridgehead atoms. The van der Waals surface area contributed by atoms with Gasteiger partial charge in [0.2, 0.25) is 5.91 Å². The first-order valence-electron chi connectivity index (χ1n) is 6.12. The predicted octanol–water partition coefficient (Wildman–Crippen LogP) is 0.492. The highest BCUT2D eigenvalue weighted by Gasteiger charge is 2.35. The van der Waals surface area contributed by atoms with E-state index < -0.39 is 0 Å². The average molecular weight is 259 g/mol. The Bertz CT molecular complexity index is 250. The van der Waals surface area contributed by atoms with E-state index in [1.807, 2.05) is 6.26 Å². The third-order valence-corrected chi connectivity index (χ3v) is 4.31. The van der Waals surface area contributed by atoms with Crippen LogP contribution in [0.4, 0.5) is 0 Å². The van der Waals surface area contributed by atoms with Gasteiger partial charge in [-0.15, -0.1) is 0 Å². The average Bonchev–Trinajstić information content (AvgIpc) is 2.29. The van der Waals surface area contributed by atoms with Gasteiger partial charge in [-0.2, -0.15) is 11.8 Å². The van der Waals surface area contributed by atoms with Gasteiger partial charge in [-0.05, 0) is 53.3 Å². The predicted molar refractivity (Wildman–Crippen MR) is 74.5 cm³/mol. The van der Waals surface area contributed by atoms with Crippen LogP contribution in [0.3, 0.4) is 0 Å². The lowest BCUT2D eigenvalue weighted by atomic mass is 9.86. The summed E-state index contributed by atoms with van der Waals surface area (Å²) >= 11 is 1.57. The van der Waals surface area contributed by atoms with Crippen LogP contribution in [0.25, 0.3) is 0 Å². The van der Waals surface area contributed by atoms with E-state index in [4.69, 9.17) is 0 Å². The van der Waals surface area contributed by atoms with E-state index in [0.717, 1.165) is 32.5 Å². The first-order valence-corrected chi connectivity index (χ1v) is 7.51. The van der Waals surface area contributed by atoms with Crippen molar-refractivity contribution in [3.63, 3.8) is 0 Å². The largest absolute Gasteiger partial charge is 0.354 e. The van der Waals surface area contributed by atoms with E-state index in [-0.39, 0.29) is 11.4 Å². The van der Waals surface area contributed by atoms with Crippen LogP contribution in [0.2, 0.25) is 0 Å². The van der Waals surface area contributed by atoms with Gasteiger partial charge in [-0.1, -0.05) is 0 Å². The second-order valence-corrected chi connectivity index (χ2v) is 6.00. The maximum Gasteiger partial charge on any atom is 0.230 e. The number of nitrogens with zero attached hydrogens (tertiary/aromatic N) is 2. The van der Waals surface area contributed by atoms with Gasteiger partial charge in [0.05, 0.1) is 5.75 Å². The fourth-order valence-corrected chi connectivity index (χ4v) is 2.63. The van der Waals surface area contributed by atoms with Gasteiger partial charge in [-0.3, -0.25) is 4.79 Å². The molecule has 1 N–H and O–H groups in total. The maximum atomic E-state index is 11.6. The van der Waals surface area contributed by atoms with Crippen LogP contribution in [-0.4, -0.2) is 74.0 Å². The Hall–Kier alpha value is -0.260. The standard InChI is InChI=1S/C12H25N3OS/c1-14(2)12(5-7-15(3)8-6-12)10-13-11(16)9-17-4/h5-10H2,1-4H3,(H,13,16). The van der Waals surface area contributed by atoms with Gasteiger partial charge in [0, 0.05) is 12.1 Å². The molecule has 1 rings (SSSR count). The number of hydrogen-bond acceptors (Lipinski definition) is 4. The fourth-order valence-electron chi connectivity index (χ4n) is 2.26. The third-order valence-electron chi connectivity index (χ3n) is 3.76. The van der Waals surface area contributed by atoms with Crippen LogP contribution < -0.4 is 5.32 Å². The van der Waals surface area contributed by atoms with Crippen molar-refractivity contribution in [2.75, 3.05) is 52.8 Å². The van der Waals surface area contributed by atoms with Crippen LogP contribution in [0.5, 0.6) is 0 Å². The summed E-state index contributed by atoms with van der Waals surface area (Å²) in [5.41, 5.74) is 0.139. The van der Waals surface area contributed by atoms with Gasteiger partial charge in [0.25, 0.3) is 0 Å². The molecule has 1 aliphatic heterocycles. The number of likely N-dealkylation sites (N-methyl/N-ethyl adjacent to an activating group) is 1. The number of amides is 1. The van der Waals surface area contributed by atoms with E-state index in [1.54, 1.807) is 11.8 Å². The molecule has 1 saturated heterocycles. The maximum absolute atomic E-state index is 11.6. The molecule has 17 heavy (non-hydrogen) atoms. The highest BCUT2D eigenvalue weighted by atomic mass is 32.2. The number of piperidine rings is 1. The molecule has 1 heterocycles. The Kier molecular flexibility index (Phi) is 5.76. The Morgan fingerprint density at radius 1 is 1.41 bits per heavy atom. The highest BCUT2D eigenvalue weighted by Crippen LogP contribution is 2.25. The highest BCUT2D eigenvalue weighted by molar-refractivity contribution is 7.99. The Morgan fingerprint density at radius 3 is 2.47 bits per heavy atom. The molecule has 100 valence electrons. The van der Waals surface area contributed by atoms with Crippen LogP contribution in [0, 0.1) is 0 Å². The number of thioether (sulfide) groups is 1. The van der Waals surface area contributed by atoms with Gasteiger partial charge in [0.1, 0.15) is 0 Å². The van der Waals surface area contributed by atoms with E-state index in [1.165, 1.54) is 0 Å². The summed E-state index contributed by atoms with van der Waals surface area (Å²) in [7, 11) is 6.39. The zero-order chi connectivity index (χ0) is 12.9. The summed E-state index contributed by atoms with van der Waals surface area (Å²) in [5.74, 6) is 0.710. The molecule has 0 saturated carbocycles. The molecule has 5 heteroatoms. The van der Waals surface area contributed by atoms with Crippen molar-refractivity contribution in [2.45, 2.75) is 18.4 Å². The summed E-state index contributed by atoms with van der Waals surface area (Å²) < 4.78 is 0. The second kappa shape index (κ2) is 6.61. The number of carbonyl (C=O) groups is 1. The molecule has 0 radical (unpaired) electrons. The number of hydrogen-bond donors (Lipinski definition) is 1. The molecule has 0 aliphatic carbocycles. The van der Waals surface area contributed by atoms with Gasteiger partial charge in [0.15, 0.2) is 0 Å². The van der Waals surface area contributed by atoms with Crippen molar-refractivity contribution < 1.29 is 4.79 Å². The summed E-state index contributed by atoms with van der Waals surface area (Å²) in [6.45, 7) is 2.99. The first kappa shape index (κ1) is 14.8. The summed E-state index contributed by atoms with van der Waals surface area (Å²) in [6.07, 6.45) is 4.20. The molecule has 4 nitrogen and oxygen atoms in total. The van der Waals surface area contributed by atoms with E-state index in [0.29, 0.717) is 5.75 Å². The minimum atomic E-state index is 0.139. The fraction of sp³-hybridized carbons (Fsp3) is 0.917. The number of carbonyl (C=O) groups excluding carboxylic acids is 1. The summed E-state index contributed by atoms with van der Waals surface area (Å²) in [5, 5.41) is 3.07. The molecule has 0 spiro atoms. The van der Waals surface area contributed by atoms with Crippen LogP contribution in [0.15, 0.2) is 0 Å². The van der Waals surface area contributed by atoms with E-state index in [2.05, 4.69) is 36.3 Å². The van der Waals surface area contributed by atoms with Gasteiger partial charge < -0.3 is 15.1 Å². The van der Waals surface area contributed by atoms with Gasteiger partial charge in [-0.25, -0.2) is 0 Å². The number of rotatable bonds is 5. The zero-order valence-electron chi connectivity index (χ0n) is 11.5. The Morgan fingerprint density at radius 2 is 2.00 bits per heavy atom. The molecular weight excluding hydrogens is 234 g/mol. The molecule has 0 unspecified atom stereocenters. The third kappa shape index (κ3) is 4.16. The van der Waals surface area contributed by atoms with Crippen LogP contribution in [0.1, 0.15) is 12.8 Å². The monoisotopic (exact) mass is 259 g/mol. The molecular formula is C12H25N3OS. The molecule has 0 aromatic heterocycles. The van der Waals surface area contributed by atoms with E-state index >= 15 is 0 Å². The summed E-state index contributed by atoms with van der Waals surface area (Å²) in [4.78, 5) is 16.2. The van der Waals surface area contributed by atoms with Crippen molar-refractivity contribution in [3.8, 4) is 0 Å². The SMILES string of the molecule is CSCC(=O)NCC1(N(C)C)CCN(C)CC1. The lowest BCUT2D eigenvalue weighted by molar-refractivity contribution is -0.119. The van der Waals surface area contributed by atoms with Crippen molar-refractivity contribution >= 4 is 17.7 Å².